The molecule has 2 aromatic carbocycles. The minimum absolute atomic E-state index is 0.120. The smallest absolute Gasteiger partial charge is 0.251 e. The number of nitrogens with zero attached hydrogens (tertiary/aromatic N) is 2. The second kappa shape index (κ2) is 9.44. The van der Waals surface area contributed by atoms with E-state index in [1.165, 1.54) is 36.0 Å². The lowest BCUT2D eigenvalue weighted by molar-refractivity contribution is 0.0947. The summed E-state index contributed by atoms with van der Waals surface area (Å²) in [6.07, 6.45) is 4.96. The van der Waals surface area contributed by atoms with Crippen LogP contribution in [0.2, 0.25) is 0 Å². The summed E-state index contributed by atoms with van der Waals surface area (Å²) in [6.45, 7) is 0.299. The molecule has 0 saturated heterocycles. The second-order valence-electron chi connectivity index (χ2n) is 6.61. The number of nitrogens with one attached hydrogen (secondary N) is 1. The van der Waals surface area contributed by atoms with Gasteiger partial charge in [0.1, 0.15) is 11.6 Å². The van der Waals surface area contributed by atoms with Crippen LogP contribution < -0.4 is 5.32 Å². The SMILES string of the molecule is O=C(CSc1nccn1-c1cccc(C(=O)NCc2ccco2)c1)c1ccc(F)cc1. The summed E-state index contributed by atoms with van der Waals surface area (Å²) < 4.78 is 20.1. The van der Waals surface area contributed by atoms with Gasteiger partial charge in [0.15, 0.2) is 10.9 Å². The number of ketones is 1. The van der Waals surface area contributed by atoms with Crippen molar-refractivity contribution in [2.24, 2.45) is 0 Å². The number of Topliss-reactive ketones (excluding diaryl/α,β-unsaturated/α-hetero) is 1. The number of aromatic nitrogens is 2. The van der Waals surface area contributed by atoms with Crippen LogP contribution in [0.15, 0.2) is 88.9 Å². The molecular weight excluding hydrogens is 417 g/mol. The molecule has 0 radical (unpaired) electrons. The Bertz CT molecular complexity index is 1190. The molecule has 0 spiro atoms. The second-order valence-corrected chi connectivity index (χ2v) is 7.55. The maximum atomic E-state index is 13.0. The van der Waals surface area contributed by atoms with Crippen molar-refractivity contribution in [2.75, 3.05) is 5.75 Å². The number of thioether (sulfide) groups is 1. The highest BCUT2D eigenvalue weighted by atomic mass is 32.2. The van der Waals surface area contributed by atoms with Gasteiger partial charge in [-0.25, -0.2) is 9.37 Å². The van der Waals surface area contributed by atoms with Crippen LogP contribution in [0.1, 0.15) is 26.5 Å². The Kier molecular flexibility index (Phi) is 6.28. The number of furan rings is 1. The van der Waals surface area contributed by atoms with E-state index in [-0.39, 0.29) is 23.3 Å². The number of imidazole rings is 1. The quantitative estimate of drug-likeness (QED) is 0.326. The molecule has 4 rings (SSSR count). The number of carbonyl (C=O) groups excluding carboxylic acids is 2. The molecule has 8 heteroatoms. The number of carbonyl (C=O) groups is 2. The van der Waals surface area contributed by atoms with Gasteiger partial charge in [-0.1, -0.05) is 17.8 Å². The van der Waals surface area contributed by atoms with Gasteiger partial charge in [0.2, 0.25) is 0 Å². The van der Waals surface area contributed by atoms with Crippen LogP contribution in [0.3, 0.4) is 0 Å². The third-order valence-corrected chi connectivity index (χ3v) is 5.46. The molecular formula is C23H18FN3O3S. The minimum Gasteiger partial charge on any atom is -0.467 e. The summed E-state index contributed by atoms with van der Waals surface area (Å²) >= 11 is 1.27. The fourth-order valence-electron chi connectivity index (χ4n) is 2.92. The van der Waals surface area contributed by atoms with E-state index >= 15 is 0 Å². The van der Waals surface area contributed by atoms with Gasteiger partial charge < -0.3 is 9.73 Å². The summed E-state index contributed by atoms with van der Waals surface area (Å²) in [5.41, 5.74) is 1.69. The Labute approximate surface area is 182 Å². The fourth-order valence-corrected chi connectivity index (χ4v) is 3.79. The van der Waals surface area contributed by atoms with Gasteiger partial charge in [0.05, 0.1) is 18.6 Å². The normalized spacial score (nSPS) is 10.7. The zero-order valence-electron chi connectivity index (χ0n) is 16.3. The third-order valence-electron chi connectivity index (χ3n) is 4.50. The van der Waals surface area contributed by atoms with E-state index in [1.54, 1.807) is 49.0 Å². The Morgan fingerprint density at radius 1 is 1.06 bits per heavy atom. The summed E-state index contributed by atoms with van der Waals surface area (Å²) in [4.78, 5) is 29.2. The van der Waals surface area contributed by atoms with Gasteiger partial charge in [0.25, 0.3) is 5.91 Å². The fraction of sp³-hybridized carbons (Fsp3) is 0.0870. The number of benzene rings is 2. The molecule has 0 unspecified atom stereocenters. The van der Waals surface area contributed by atoms with Crippen LogP contribution >= 0.6 is 11.8 Å². The summed E-state index contributed by atoms with van der Waals surface area (Å²) in [7, 11) is 0. The molecule has 1 N–H and O–H groups in total. The molecule has 0 fully saturated rings. The van der Waals surface area contributed by atoms with E-state index in [4.69, 9.17) is 4.42 Å². The van der Waals surface area contributed by atoms with Crippen molar-refractivity contribution >= 4 is 23.5 Å². The first-order valence-corrected chi connectivity index (χ1v) is 10.4. The number of amides is 1. The van der Waals surface area contributed by atoms with Crippen molar-refractivity contribution in [3.05, 3.63) is 102 Å². The van der Waals surface area contributed by atoms with E-state index in [0.29, 0.717) is 28.6 Å². The first kappa shape index (κ1) is 20.6. The van der Waals surface area contributed by atoms with Crippen molar-refractivity contribution in [2.45, 2.75) is 11.7 Å². The molecule has 0 atom stereocenters. The molecule has 0 aliphatic heterocycles. The molecule has 2 aromatic heterocycles. The van der Waals surface area contributed by atoms with Crippen LogP contribution in [0.4, 0.5) is 4.39 Å². The standard InChI is InChI=1S/C23H18FN3O3S/c24-18-8-6-16(7-9-18)21(28)15-31-23-25-10-11-27(23)19-4-1-3-17(13-19)22(29)26-14-20-5-2-12-30-20/h1-13H,14-15H2,(H,26,29). The van der Waals surface area contributed by atoms with Crippen LogP contribution in [0.25, 0.3) is 5.69 Å². The molecule has 2 heterocycles. The van der Waals surface area contributed by atoms with Crippen LogP contribution in [0, 0.1) is 5.82 Å². The summed E-state index contributed by atoms with van der Waals surface area (Å²) in [5.74, 6) is 0.104. The van der Waals surface area contributed by atoms with Gasteiger partial charge in [-0.15, -0.1) is 0 Å². The highest BCUT2D eigenvalue weighted by molar-refractivity contribution is 7.99. The monoisotopic (exact) mass is 435 g/mol. The van der Waals surface area contributed by atoms with E-state index < -0.39 is 0 Å². The highest BCUT2D eigenvalue weighted by Gasteiger charge is 2.13. The molecule has 31 heavy (non-hydrogen) atoms. The van der Waals surface area contributed by atoms with E-state index in [0.717, 1.165) is 5.69 Å². The van der Waals surface area contributed by atoms with E-state index in [2.05, 4.69) is 10.3 Å². The van der Waals surface area contributed by atoms with Gasteiger partial charge in [-0.2, -0.15) is 0 Å². The van der Waals surface area contributed by atoms with Crippen molar-refractivity contribution in [3.63, 3.8) is 0 Å². The van der Waals surface area contributed by atoms with Gasteiger partial charge in [0, 0.05) is 29.2 Å². The predicted molar refractivity (Wildman–Crippen MR) is 115 cm³/mol. The Morgan fingerprint density at radius 3 is 2.68 bits per heavy atom. The number of halogens is 1. The summed E-state index contributed by atoms with van der Waals surface area (Å²) in [6, 6.07) is 16.1. The predicted octanol–water partition coefficient (Wildman–Crippen LogP) is 4.51. The van der Waals surface area contributed by atoms with Gasteiger partial charge in [-0.05, 0) is 54.6 Å². The van der Waals surface area contributed by atoms with Crippen molar-refractivity contribution in [1.82, 2.24) is 14.9 Å². The molecule has 0 aliphatic carbocycles. The first-order valence-electron chi connectivity index (χ1n) is 9.46. The maximum absolute atomic E-state index is 13.0. The number of hydrogen-bond acceptors (Lipinski definition) is 5. The Morgan fingerprint density at radius 2 is 1.90 bits per heavy atom. The largest absolute Gasteiger partial charge is 0.467 e. The first-order chi connectivity index (χ1) is 15.1. The zero-order valence-corrected chi connectivity index (χ0v) is 17.1. The third kappa shape index (κ3) is 5.10. The van der Waals surface area contributed by atoms with Crippen LogP contribution in [-0.4, -0.2) is 27.0 Å². The molecule has 0 aliphatic rings. The lowest BCUT2D eigenvalue weighted by Gasteiger charge is -2.10. The Hall–Kier alpha value is -3.65. The van der Waals surface area contributed by atoms with E-state index in [1.807, 2.05) is 10.6 Å². The Balaban J connectivity index is 1.44. The lowest BCUT2D eigenvalue weighted by atomic mass is 10.1. The average molecular weight is 435 g/mol. The average Bonchev–Trinajstić information content (AvgIpc) is 3.48. The lowest BCUT2D eigenvalue weighted by Crippen LogP contribution is -2.22. The molecule has 156 valence electrons. The zero-order chi connectivity index (χ0) is 21.6. The molecule has 1 amide bonds. The minimum atomic E-state index is -0.382. The highest BCUT2D eigenvalue weighted by Crippen LogP contribution is 2.22. The maximum Gasteiger partial charge on any atom is 0.251 e. The van der Waals surface area contributed by atoms with E-state index in [9.17, 15) is 14.0 Å². The van der Waals surface area contributed by atoms with Crippen LogP contribution in [0.5, 0.6) is 0 Å². The molecule has 4 aromatic rings. The molecule has 0 bridgehead atoms. The van der Waals surface area contributed by atoms with Crippen molar-refractivity contribution in [3.8, 4) is 5.69 Å². The molecule has 0 saturated carbocycles. The molecule has 6 nitrogen and oxygen atoms in total. The number of rotatable bonds is 8. The van der Waals surface area contributed by atoms with Crippen molar-refractivity contribution in [1.29, 1.82) is 0 Å². The van der Waals surface area contributed by atoms with Gasteiger partial charge in [-0.3, -0.25) is 14.2 Å². The topological polar surface area (TPSA) is 77.1 Å². The van der Waals surface area contributed by atoms with Crippen molar-refractivity contribution < 1.29 is 18.4 Å². The summed E-state index contributed by atoms with van der Waals surface area (Å²) in [5, 5.41) is 3.43. The van der Waals surface area contributed by atoms with Gasteiger partial charge >= 0.3 is 0 Å². The van der Waals surface area contributed by atoms with Crippen LogP contribution in [-0.2, 0) is 6.54 Å². The number of hydrogen-bond donors (Lipinski definition) is 1.